The fourth-order valence-electron chi connectivity index (χ4n) is 1.36. The van der Waals surface area contributed by atoms with Crippen molar-refractivity contribution in [2.75, 3.05) is 20.8 Å². The third kappa shape index (κ3) is 3.11. The molecule has 1 aromatic carbocycles. The molecule has 0 spiro atoms. The van der Waals surface area contributed by atoms with Gasteiger partial charge in [-0.2, -0.15) is 0 Å². The Labute approximate surface area is 89.1 Å². The van der Waals surface area contributed by atoms with Crippen LogP contribution in [0.1, 0.15) is 5.56 Å². The molecule has 1 rings (SSSR count). The van der Waals surface area contributed by atoms with Crippen molar-refractivity contribution in [2.24, 2.45) is 0 Å². The van der Waals surface area contributed by atoms with Gasteiger partial charge in [0.25, 0.3) is 0 Å². The van der Waals surface area contributed by atoms with Gasteiger partial charge in [-0.15, -0.1) is 0 Å². The van der Waals surface area contributed by atoms with E-state index in [9.17, 15) is 5.11 Å². The molecule has 0 saturated carbocycles. The molecule has 0 heterocycles. The van der Waals surface area contributed by atoms with Crippen molar-refractivity contribution >= 4 is 0 Å². The Bertz CT molecular complexity index is 311. The van der Waals surface area contributed by atoms with E-state index in [-0.39, 0.29) is 6.61 Å². The molecule has 0 aliphatic heterocycles. The molecule has 0 radical (unpaired) electrons. The molecular weight excluding hydrogens is 196 g/mol. The standard InChI is InChI=1S/C11H16O4/c1-14-10-3-4-11(15-2)8(6-10)5-9(13)7-12/h3-4,6,9,12-13H,5,7H2,1-2H3/t9-/m1/s1. The third-order valence-corrected chi connectivity index (χ3v) is 2.15. The minimum atomic E-state index is -0.772. The van der Waals surface area contributed by atoms with Crippen molar-refractivity contribution in [1.29, 1.82) is 0 Å². The highest BCUT2D eigenvalue weighted by atomic mass is 16.5. The number of methoxy groups -OCH3 is 2. The number of hydrogen-bond donors (Lipinski definition) is 2. The second-order valence-corrected chi connectivity index (χ2v) is 3.22. The lowest BCUT2D eigenvalue weighted by molar-refractivity contribution is 0.0949. The zero-order chi connectivity index (χ0) is 11.3. The number of aliphatic hydroxyl groups is 2. The van der Waals surface area contributed by atoms with E-state index in [0.717, 1.165) is 5.56 Å². The van der Waals surface area contributed by atoms with Gasteiger partial charge in [0.1, 0.15) is 11.5 Å². The lowest BCUT2D eigenvalue weighted by Gasteiger charge is -2.12. The van der Waals surface area contributed by atoms with Crippen molar-refractivity contribution < 1.29 is 19.7 Å². The third-order valence-electron chi connectivity index (χ3n) is 2.15. The number of rotatable bonds is 5. The summed E-state index contributed by atoms with van der Waals surface area (Å²) in [7, 11) is 3.14. The minimum absolute atomic E-state index is 0.264. The fraction of sp³-hybridized carbons (Fsp3) is 0.455. The zero-order valence-electron chi connectivity index (χ0n) is 8.93. The van der Waals surface area contributed by atoms with Crippen molar-refractivity contribution in [2.45, 2.75) is 12.5 Å². The van der Waals surface area contributed by atoms with Crippen LogP contribution in [0.5, 0.6) is 11.5 Å². The Hall–Kier alpha value is -1.26. The molecule has 0 amide bonds. The van der Waals surface area contributed by atoms with Crippen LogP contribution in [-0.2, 0) is 6.42 Å². The maximum Gasteiger partial charge on any atom is 0.122 e. The highest BCUT2D eigenvalue weighted by molar-refractivity contribution is 5.40. The Morgan fingerprint density at radius 3 is 2.53 bits per heavy atom. The first-order valence-electron chi connectivity index (χ1n) is 4.71. The van der Waals surface area contributed by atoms with Gasteiger partial charge in [-0.1, -0.05) is 0 Å². The topological polar surface area (TPSA) is 58.9 Å². The monoisotopic (exact) mass is 212 g/mol. The van der Waals surface area contributed by atoms with E-state index in [2.05, 4.69) is 0 Å². The Kier molecular flexibility index (Phi) is 4.39. The molecule has 4 heteroatoms. The number of benzene rings is 1. The number of hydrogen-bond acceptors (Lipinski definition) is 4. The maximum absolute atomic E-state index is 9.35. The van der Waals surface area contributed by atoms with Gasteiger partial charge in [-0.05, 0) is 18.2 Å². The van der Waals surface area contributed by atoms with Crippen LogP contribution in [0.25, 0.3) is 0 Å². The minimum Gasteiger partial charge on any atom is -0.497 e. The average molecular weight is 212 g/mol. The molecule has 0 aliphatic rings. The van der Waals surface area contributed by atoms with E-state index in [0.29, 0.717) is 17.9 Å². The van der Waals surface area contributed by atoms with E-state index >= 15 is 0 Å². The lowest BCUT2D eigenvalue weighted by Crippen LogP contribution is -2.15. The highest BCUT2D eigenvalue weighted by Crippen LogP contribution is 2.24. The number of ether oxygens (including phenoxy) is 2. The summed E-state index contributed by atoms with van der Waals surface area (Å²) in [6, 6.07) is 5.35. The van der Waals surface area contributed by atoms with Crippen LogP contribution in [0.15, 0.2) is 18.2 Å². The molecule has 0 unspecified atom stereocenters. The molecule has 4 nitrogen and oxygen atoms in total. The Morgan fingerprint density at radius 1 is 1.27 bits per heavy atom. The molecule has 1 aromatic rings. The van der Waals surface area contributed by atoms with Crippen LogP contribution in [0.4, 0.5) is 0 Å². The van der Waals surface area contributed by atoms with Gasteiger partial charge in [0.2, 0.25) is 0 Å². The van der Waals surface area contributed by atoms with Gasteiger partial charge < -0.3 is 19.7 Å². The number of aliphatic hydroxyl groups excluding tert-OH is 2. The van der Waals surface area contributed by atoms with Crippen molar-refractivity contribution in [1.82, 2.24) is 0 Å². The van der Waals surface area contributed by atoms with Crippen molar-refractivity contribution in [3.8, 4) is 11.5 Å². The molecule has 0 fully saturated rings. The molecule has 0 saturated heterocycles. The van der Waals surface area contributed by atoms with E-state index in [4.69, 9.17) is 14.6 Å². The van der Waals surface area contributed by atoms with Gasteiger partial charge in [0.15, 0.2) is 0 Å². The van der Waals surface area contributed by atoms with Gasteiger partial charge >= 0.3 is 0 Å². The molecule has 0 aromatic heterocycles. The first kappa shape index (κ1) is 11.8. The Morgan fingerprint density at radius 2 is 2.00 bits per heavy atom. The van der Waals surface area contributed by atoms with Crippen LogP contribution < -0.4 is 9.47 Å². The average Bonchev–Trinajstić information content (AvgIpc) is 2.28. The maximum atomic E-state index is 9.35. The SMILES string of the molecule is COc1ccc(OC)c(C[C@@H](O)CO)c1. The van der Waals surface area contributed by atoms with E-state index in [1.807, 2.05) is 0 Å². The molecule has 15 heavy (non-hydrogen) atoms. The molecule has 0 bridgehead atoms. The van der Waals surface area contributed by atoms with Gasteiger partial charge in [0.05, 0.1) is 26.9 Å². The summed E-state index contributed by atoms with van der Waals surface area (Å²) in [5.74, 6) is 1.39. The summed E-state index contributed by atoms with van der Waals surface area (Å²) in [4.78, 5) is 0. The van der Waals surface area contributed by atoms with Crippen LogP contribution >= 0.6 is 0 Å². The van der Waals surface area contributed by atoms with E-state index in [1.54, 1.807) is 32.4 Å². The molecule has 0 aliphatic carbocycles. The molecule has 84 valence electrons. The smallest absolute Gasteiger partial charge is 0.122 e. The second-order valence-electron chi connectivity index (χ2n) is 3.22. The first-order chi connectivity index (χ1) is 7.21. The summed E-state index contributed by atoms with van der Waals surface area (Å²) in [5, 5.41) is 18.1. The Balaban J connectivity index is 2.90. The first-order valence-corrected chi connectivity index (χ1v) is 4.71. The highest BCUT2D eigenvalue weighted by Gasteiger charge is 2.10. The summed E-state index contributed by atoms with van der Waals surface area (Å²) in [5.41, 5.74) is 0.818. The van der Waals surface area contributed by atoms with Gasteiger partial charge in [-0.3, -0.25) is 0 Å². The summed E-state index contributed by atoms with van der Waals surface area (Å²) < 4.78 is 10.2. The predicted octanol–water partition coefficient (Wildman–Crippen LogP) is 0.599. The van der Waals surface area contributed by atoms with Crippen molar-refractivity contribution in [3.63, 3.8) is 0 Å². The fourth-order valence-corrected chi connectivity index (χ4v) is 1.36. The summed E-state index contributed by atoms with van der Waals surface area (Å²) in [6.07, 6.45) is -0.428. The van der Waals surface area contributed by atoms with E-state index in [1.165, 1.54) is 0 Å². The normalized spacial score (nSPS) is 12.3. The summed E-state index contributed by atoms with van der Waals surface area (Å²) in [6.45, 7) is -0.264. The van der Waals surface area contributed by atoms with Crippen LogP contribution in [0, 0.1) is 0 Å². The van der Waals surface area contributed by atoms with Crippen LogP contribution in [0.3, 0.4) is 0 Å². The lowest BCUT2D eigenvalue weighted by atomic mass is 10.1. The van der Waals surface area contributed by atoms with Crippen LogP contribution in [-0.4, -0.2) is 37.1 Å². The summed E-state index contributed by atoms with van der Waals surface area (Å²) >= 11 is 0. The predicted molar refractivity (Wildman–Crippen MR) is 56.3 cm³/mol. The zero-order valence-corrected chi connectivity index (χ0v) is 8.93. The van der Waals surface area contributed by atoms with Crippen LogP contribution in [0.2, 0.25) is 0 Å². The molecular formula is C11H16O4. The molecule has 2 N–H and O–H groups in total. The van der Waals surface area contributed by atoms with Gasteiger partial charge in [0, 0.05) is 12.0 Å². The van der Waals surface area contributed by atoms with Gasteiger partial charge in [-0.25, -0.2) is 0 Å². The molecule has 1 atom stereocenters. The van der Waals surface area contributed by atoms with E-state index < -0.39 is 6.10 Å². The largest absolute Gasteiger partial charge is 0.497 e. The van der Waals surface area contributed by atoms with Crippen molar-refractivity contribution in [3.05, 3.63) is 23.8 Å². The second kappa shape index (κ2) is 5.58. The quantitative estimate of drug-likeness (QED) is 0.750.